The molecule has 0 aliphatic rings. The Morgan fingerprint density at radius 2 is 1.89 bits per heavy atom. The maximum Gasteiger partial charge on any atom is 0.247 e. The third-order valence-electron chi connectivity index (χ3n) is 3.93. The molecule has 0 radical (unpaired) electrons. The zero-order valence-corrected chi connectivity index (χ0v) is 17.9. The molecule has 154 valence electrons. The lowest BCUT2D eigenvalue weighted by Gasteiger charge is -2.20. The number of hydrazone groups is 1. The molecule has 1 aromatic rings. The predicted molar refractivity (Wildman–Crippen MR) is 114 cm³/mol. The van der Waals surface area contributed by atoms with Crippen LogP contribution in [0.25, 0.3) is 0 Å². The zero-order chi connectivity index (χ0) is 21.2. The minimum atomic E-state index is -0.669. The second-order valence-corrected chi connectivity index (χ2v) is 7.37. The summed E-state index contributed by atoms with van der Waals surface area (Å²) in [5.41, 5.74) is 3.61. The molecule has 28 heavy (non-hydrogen) atoms. The first-order chi connectivity index (χ1) is 13.2. The van der Waals surface area contributed by atoms with E-state index in [4.69, 9.17) is 11.6 Å². The van der Waals surface area contributed by atoms with Crippen molar-refractivity contribution in [2.75, 3.05) is 13.6 Å². The lowest BCUT2D eigenvalue weighted by atomic mass is 9.86. The van der Waals surface area contributed by atoms with Gasteiger partial charge in [-0.2, -0.15) is 5.10 Å². The second-order valence-electron chi connectivity index (χ2n) is 6.93. The Balaban J connectivity index is 2.70. The number of hydrogen-bond donors (Lipinski definition) is 4. The lowest BCUT2D eigenvalue weighted by molar-refractivity contribution is -0.127. The summed E-state index contributed by atoms with van der Waals surface area (Å²) in [6.45, 7) is 7.79. The van der Waals surface area contributed by atoms with Crippen LogP contribution in [0.4, 0.5) is 0 Å². The average Bonchev–Trinajstić information content (AvgIpc) is 2.62. The summed E-state index contributed by atoms with van der Waals surface area (Å²) in [5.74, 6) is -0.115. The van der Waals surface area contributed by atoms with Crippen molar-refractivity contribution in [2.24, 2.45) is 5.10 Å². The van der Waals surface area contributed by atoms with Crippen LogP contribution in [-0.2, 0) is 15.0 Å². The summed E-state index contributed by atoms with van der Waals surface area (Å²) in [6.07, 6.45) is 4.29. The number of amides is 2. The van der Waals surface area contributed by atoms with Crippen molar-refractivity contribution < 1.29 is 9.59 Å². The van der Waals surface area contributed by atoms with E-state index in [-0.39, 0.29) is 23.8 Å². The molecule has 0 aliphatic heterocycles. The number of allylic oxidation sites excluding steroid dienone is 1. The predicted octanol–water partition coefficient (Wildman–Crippen LogP) is 2.28. The average molecular weight is 408 g/mol. The van der Waals surface area contributed by atoms with Gasteiger partial charge in [-0.15, -0.1) is 0 Å². The number of rotatable bonds is 10. The third-order valence-corrected chi connectivity index (χ3v) is 4.19. The highest BCUT2D eigenvalue weighted by Gasteiger charge is 2.19. The van der Waals surface area contributed by atoms with Crippen molar-refractivity contribution >= 4 is 29.6 Å². The molecule has 0 unspecified atom stereocenters. The molecule has 0 saturated carbocycles. The molecule has 8 heteroatoms. The molecule has 7 nitrogen and oxygen atoms in total. The summed E-state index contributed by atoms with van der Waals surface area (Å²) in [7, 11) is 1.67. The quantitative estimate of drug-likeness (QED) is 0.353. The second kappa shape index (κ2) is 11.5. The highest BCUT2D eigenvalue weighted by molar-refractivity contribution is 6.30. The first-order valence-corrected chi connectivity index (χ1v) is 9.58. The Kier molecular flexibility index (Phi) is 9.68. The molecule has 0 bridgehead atoms. The fraction of sp³-hybridized carbons (Fsp3) is 0.450. The Bertz CT molecular complexity index is 714. The molecule has 0 aromatic heterocycles. The maximum absolute atomic E-state index is 12.3. The molecular formula is C20H30ClN5O2. The third kappa shape index (κ3) is 8.10. The number of hydrogen-bond acceptors (Lipinski definition) is 5. The van der Waals surface area contributed by atoms with Gasteiger partial charge in [-0.1, -0.05) is 44.5 Å². The van der Waals surface area contributed by atoms with Gasteiger partial charge < -0.3 is 16.0 Å². The van der Waals surface area contributed by atoms with E-state index in [1.807, 2.05) is 51.1 Å². The van der Waals surface area contributed by atoms with Crippen LogP contribution in [0.3, 0.4) is 0 Å². The van der Waals surface area contributed by atoms with Crippen LogP contribution in [0.2, 0.25) is 5.02 Å². The number of likely N-dealkylation sites (N-methyl/N-ethyl adjacent to an activating group) is 1. The largest absolute Gasteiger partial charge is 0.343 e. The van der Waals surface area contributed by atoms with Crippen LogP contribution in [0, 0.1) is 0 Å². The zero-order valence-electron chi connectivity index (χ0n) is 17.1. The van der Waals surface area contributed by atoms with E-state index >= 15 is 0 Å². The molecule has 0 spiro atoms. The smallest absolute Gasteiger partial charge is 0.247 e. The van der Waals surface area contributed by atoms with E-state index in [1.165, 1.54) is 0 Å². The summed E-state index contributed by atoms with van der Waals surface area (Å²) < 4.78 is 0. The standard InChI is InChI=1S/C20H30ClN5O2/c1-6-7-17(25-19(28)14(2)24-18(27)12-22-5)26-23-13-20(3,4)15-8-10-16(21)11-9-15/h7-11,13-14,22,26H,6,12H2,1-5H3,(H,24,27)(H,25,28)/b17-7-,23-13+/t14-/m0/s1. The Morgan fingerprint density at radius 3 is 2.46 bits per heavy atom. The van der Waals surface area contributed by atoms with Crippen molar-refractivity contribution in [3.8, 4) is 0 Å². The maximum atomic E-state index is 12.3. The minimum Gasteiger partial charge on any atom is -0.343 e. The molecule has 0 fully saturated rings. The van der Waals surface area contributed by atoms with Gasteiger partial charge in [0, 0.05) is 16.7 Å². The molecule has 0 aliphatic carbocycles. The minimum absolute atomic E-state index is 0.150. The van der Waals surface area contributed by atoms with E-state index in [1.54, 1.807) is 20.2 Å². The highest BCUT2D eigenvalue weighted by atomic mass is 35.5. The van der Waals surface area contributed by atoms with Gasteiger partial charge in [0.2, 0.25) is 11.8 Å². The van der Waals surface area contributed by atoms with Crippen molar-refractivity contribution in [2.45, 2.75) is 45.6 Å². The van der Waals surface area contributed by atoms with E-state index < -0.39 is 6.04 Å². The lowest BCUT2D eigenvalue weighted by Crippen LogP contribution is -2.47. The van der Waals surface area contributed by atoms with Gasteiger partial charge in [-0.3, -0.25) is 15.0 Å². The van der Waals surface area contributed by atoms with Gasteiger partial charge in [-0.05, 0) is 44.2 Å². The fourth-order valence-electron chi connectivity index (χ4n) is 2.31. The topological polar surface area (TPSA) is 94.6 Å². The molecule has 1 atom stereocenters. The number of nitrogens with one attached hydrogen (secondary N) is 4. The molecule has 2 amide bonds. The van der Waals surface area contributed by atoms with Gasteiger partial charge in [0.15, 0.2) is 0 Å². The van der Waals surface area contributed by atoms with E-state index in [0.717, 1.165) is 5.56 Å². The van der Waals surface area contributed by atoms with Gasteiger partial charge in [-0.25, -0.2) is 0 Å². The van der Waals surface area contributed by atoms with Crippen molar-refractivity contribution in [3.63, 3.8) is 0 Å². The molecule has 1 rings (SSSR count). The van der Waals surface area contributed by atoms with Gasteiger partial charge in [0.05, 0.1) is 6.54 Å². The fourth-order valence-corrected chi connectivity index (χ4v) is 2.43. The van der Waals surface area contributed by atoms with E-state index in [9.17, 15) is 9.59 Å². The Labute approximate surface area is 172 Å². The normalized spacial score (nSPS) is 13.3. The number of carbonyl (C=O) groups is 2. The van der Waals surface area contributed by atoms with Crippen LogP contribution in [0.15, 0.2) is 41.3 Å². The van der Waals surface area contributed by atoms with Crippen LogP contribution in [-0.4, -0.2) is 37.7 Å². The monoisotopic (exact) mass is 407 g/mol. The summed E-state index contributed by atoms with van der Waals surface area (Å²) in [6, 6.07) is 6.92. The Hall–Kier alpha value is -2.38. The van der Waals surface area contributed by atoms with Crippen LogP contribution < -0.4 is 21.4 Å². The van der Waals surface area contributed by atoms with Gasteiger partial charge in [0.25, 0.3) is 0 Å². The number of carbonyl (C=O) groups excluding carboxylic acids is 2. The Morgan fingerprint density at radius 1 is 1.25 bits per heavy atom. The van der Waals surface area contributed by atoms with E-state index in [0.29, 0.717) is 17.3 Å². The van der Waals surface area contributed by atoms with Gasteiger partial charge >= 0.3 is 0 Å². The molecule has 0 heterocycles. The first kappa shape index (κ1) is 23.7. The summed E-state index contributed by atoms with van der Waals surface area (Å²) in [4.78, 5) is 23.9. The van der Waals surface area contributed by atoms with Crippen molar-refractivity contribution in [1.29, 1.82) is 0 Å². The van der Waals surface area contributed by atoms with Crippen molar-refractivity contribution in [3.05, 3.63) is 46.7 Å². The molecular weight excluding hydrogens is 378 g/mol. The van der Waals surface area contributed by atoms with Crippen LogP contribution in [0.5, 0.6) is 0 Å². The number of benzene rings is 1. The van der Waals surface area contributed by atoms with Crippen molar-refractivity contribution in [1.82, 2.24) is 21.4 Å². The highest BCUT2D eigenvalue weighted by Crippen LogP contribution is 2.22. The summed E-state index contributed by atoms with van der Waals surface area (Å²) >= 11 is 5.94. The van der Waals surface area contributed by atoms with E-state index in [2.05, 4.69) is 26.5 Å². The summed E-state index contributed by atoms with van der Waals surface area (Å²) in [5, 5.41) is 13.1. The number of halogens is 1. The SMILES string of the molecule is CC/C=C(\N/N=C/C(C)(C)c1ccc(Cl)cc1)NC(=O)[C@H](C)NC(=O)CNC. The molecule has 1 aromatic carbocycles. The van der Waals surface area contributed by atoms with Crippen LogP contribution >= 0.6 is 11.6 Å². The molecule has 0 saturated heterocycles. The first-order valence-electron chi connectivity index (χ1n) is 9.20. The van der Waals surface area contributed by atoms with Gasteiger partial charge in [0.1, 0.15) is 11.9 Å². The van der Waals surface area contributed by atoms with Crippen LogP contribution in [0.1, 0.15) is 39.7 Å². The number of nitrogens with zero attached hydrogens (tertiary/aromatic N) is 1. The molecule has 4 N–H and O–H groups in total.